The first-order chi connectivity index (χ1) is 23.5. The van der Waals surface area contributed by atoms with E-state index in [1.54, 1.807) is 63.2 Å². The zero-order chi connectivity index (χ0) is 36.3. The fourth-order valence-corrected chi connectivity index (χ4v) is 8.39. The molecule has 2 atom stereocenters. The zero-order valence-electron chi connectivity index (χ0n) is 28.8. The second-order valence-corrected chi connectivity index (χ2v) is 17.9. The molecule has 1 amide bonds. The summed E-state index contributed by atoms with van der Waals surface area (Å²) >= 11 is 0. The van der Waals surface area contributed by atoms with Crippen LogP contribution in [0.15, 0.2) is 82.6 Å². The molecule has 0 radical (unpaired) electrons. The number of nitrogens with zero attached hydrogens (tertiary/aromatic N) is 2. The van der Waals surface area contributed by atoms with Crippen LogP contribution in [0, 0.1) is 0 Å². The summed E-state index contributed by atoms with van der Waals surface area (Å²) in [5.74, 6) is 0.268. The maximum Gasteiger partial charge on any atom is 0.410 e. The molecular weight excluding hydrogens is 685 g/mol. The van der Waals surface area contributed by atoms with Crippen LogP contribution in [-0.4, -0.2) is 105 Å². The molecule has 2 N–H and O–H groups in total. The van der Waals surface area contributed by atoms with Crippen LogP contribution in [0.3, 0.4) is 0 Å². The summed E-state index contributed by atoms with van der Waals surface area (Å²) in [6, 6.07) is 19.6. The molecule has 50 heavy (non-hydrogen) atoms. The maximum atomic E-state index is 13.7. The van der Waals surface area contributed by atoms with E-state index < -0.39 is 49.3 Å². The van der Waals surface area contributed by atoms with Gasteiger partial charge in [-0.2, -0.15) is 4.31 Å². The number of piperidine rings is 1. The number of sulfone groups is 1. The van der Waals surface area contributed by atoms with E-state index in [9.17, 15) is 31.8 Å². The van der Waals surface area contributed by atoms with Crippen LogP contribution < -0.4 is 4.74 Å². The van der Waals surface area contributed by atoms with Crippen LogP contribution in [-0.2, 0) is 35.9 Å². The van der Waals surface area contributed by atoms with Crippen LogP contribution in [0.25, 0.3) is 11.1 Å². The first-order valence-electron chi connectivity index (χ1n) is 16.5. The second-order valence-electron chi connectivity index (χ2n) is 14.0. The summed E-state index contributed by atoms with van der Waals surface area (Å²) in [4.78, 5) is 15.1. The molecule has 5 rings (SSSR count). The first-order valence-corrected chi connectivity index (χ1v) is 19.9. The van der Waals surface area contributed by atoms with Crippen molar-refractivity contribution in [2.45, 2.75) is 79.8 Å². The summed E-state index contributed by atoms with van der Waals surface area (Å²) in [6.07, 6.45) is 0.636. The summed E-state index contributed by atoms with van der Waals surface area (Å²) in [5, 5.41) is 20.3. The highest BCUT2D eigenvalue weighted by Gasteiger charge is 2.48. The first kappa shape index (κ1) is 37.7. The summed E-state index contributed by atoms with van der Waals surface area (Å²) in [7, 11) is -7.24. The Hall–Kier alpha value is -3.53. The van der Waals surface area contributed by atoms with Crippen molar-refractivity contribution in [1.29, 1.82) is 0 Å². The Kier molecular flexibility index (Phi) is 11.3. The predicted molar refractivity (Wildman–Crippen MR) is 187 cm³/mol. The Bertz CT molecular complexity index is 1870. The normalized spacial score (nSPS) is 18.9. The molecule has 0 aromatic heterocycles. The number of carbonyl (C=O) groups excluding carboxylic acids is 1. The minimum atomic E-state index is -3.80. The van der Waals surface area contributed by atoms with Crippen molar-refractivity contribution in [3.05, 3.63) is 78.4 Å². The SMILES string of the molecule is CC(C)(C)OC(=O)N(C[C@H](O)COc1cccc(S(C)(=O)=O)c1)C1COC2(CCN(S(=O)(=O)c3cccc(-c4ccc(CO)cc4)c3)CC2)C1. The third-order valence-corrected chi connectivity index (χ3v) is 11.9. The number of hydrogen-bond acceptors (Lipinski definition) is 10. The third kappa shape index (κ3) is 9.22. The molecule has 2 aliphatic rings. The summed E-state index contributed by atoms with van der Waals surface area (Å²) in [6.45, 7) is 5.52. The summed E-state index contributed by atoms with van der Waals surface area (Å²) < 4.78 is 70.5. The molecule has 0 saturated carbocycles. The number of ether oxygens (including phenoxy) is 3. The van der Waals surface area contributed by atoms with E-state index in [0.29, 0.717) is 19.3 Å². The highest BCUT2D eigenvalue weighted by molar-refractivity contribution is 7.90. The number of hydrogen-bond donors (Lipinski definition) is 2. The minimum Gasteiger partial charge on any atom is -0.491 e. The minimum absolute atomic E-state index is 0.0720. The van der Waals surface area contributed by atoms with E-state index in [1.165, 1.54) is 21.3 Å². The molecule has 3 aromatic rings. The number of sulfonamides is 1. The number of benzene rings is 3. The second kappa shape index (κ2) is 15.0. The number of aliphatic hydroxyl groups excluding tert-OH is 2. The average molecular weight is 731 g/mol. The molecule has 1 spiro atoms. The van der Waals surface area contributed by atoms with E-state index in [4.69, 9.17) is 14.2 Å². The summed E-state index contributed by atoms with van der Waals surface area (Å²) in [5.41, 5.74) is 0.920. The van der Waals surface area contributed by atoms with Crippen molar-refractivity contribution in [3.63, 3.8) is 0 Å². The Labute approximate surface area is 294 Å². The fraction of sp³-hybridized carbons (Fsp3) is 0.472. The lowest BCUT2D eigenvalue weighted by atomic mass is 9.88. The number of aliphatic hydroxyl groups is 2. The van der Waals surface area contributed by atoms with E-state index >= 15 is 0 Å². The van der Waals surface area contributed by atoms with E-state index in [2.05, 4.69) is 0 Å². The van der Waals surface area contributed by atoms with Gasteiger partial charge in [0.1, 0.15) is 24.1 Å². The average Bonchev–Trinajstić information content (AvgIpc) is 3.48. The molecule has 2 aliphatic heterocycles. The lowest BCUT2D eigenvalue weighted by Gasteiger charge is -2.38. The van der Waals surface area contributed by atoms with Crippen molar-refractivity contribution in [1.82, 2.24) is 9.21 Å². The van der Waals surface area contributed by atoms with Crippen molar-refractivity contribution < 1.29 is 46.1 Å². The molecule has 2 saturated heterocycles. The molecule has 1 unspecified atom stereocenters. The van der Waals surface area contributed by atoms with Gasteiger partial charge in [-0.15, -0.1) is 0 Å². The molecule has 0 aliphatic carbocycles. The van der Waals surface area contributed by atoms with Gasteiger partial charge in [-0.1, -0.05) is 42.5 Å². The molecule has 2 heterocycles. The van der Waals surface area contributed by atoms with Gasteiger partial charge in [-0.05, 0) is 87.1 Å². The van der Waals surface area contributed by atoms with Crippen molar-refractivity contribution in [2.24, 2.45) is 0 Å². The van der Waals surface area contributed by atoms with Crippen molar-refractivity contribution in [3.8, 4) is 16.9 Å². The Morgan fingerprint density at radius 2 is 1.64 bits per heavy atom. The maximum absolute atomic E-state index is 13.7. The molecule has 2 fully saturated rings. The van der Waals surface area contributed by atoms with Gasteiger partial charge in [-0.3, -0.25) is 0 Å². The van der Waals surface area contributed by atoms with Gasteiger partial charge >= 0.3 is 6.09 Å². The molecule has 0 bridgehead atoms. The molecular formula is C36H46N2O10S2. The van der Waals surface area contributed by atoms with E-state index in [-0.39, 0.29) is 55.0 Å². The highest BCUT2D eigenvalue weighted by Crippen LogP contribution is 2.39. The fourth-order valence-electron chi connectivity index (χ4n) is 6.25. The van der Waals surface area contributed by atoms with Crippen molar-refractivity contribution >= 4 is 26.0 Å². The van der Waals surface area contributed by atoms with Crippen LogP contribution in [0.1, 0.15) is 45.6 Å². The van der Waals surface area contributed by atoms with Gasteiger partial charge in [0, 0.05) is 19.3 Å². The van der Waals surface area contributed by atoms with Crippen LogP contribution in [0.2, 0.25) is 0 Å². The van der Waals surface area contributed by atoms with E-state index in [0.717, 1.165) is 22.9 Å². The number of rotatable bonds is 11. The quantitative estimate of drug-likeness (QED) is 0.292. The third-order valence-electron chi connectivity index (χ3n) is 8.92. The van der Waals surface area contributed by atoms with Gasteiger partial charge in [0.05, 0.1) is 41.2 Å². The molecule has 3 aromatic carbocycles. The largest absolute Gasteiger partial charge is 0.491 e. The van der Waals surface area contributed by atoms with Gasteiger partial charge in [0.25, 0.3) is 0 Å². The van der Waals surface area contributed by atoms with Gasteiger partial charge < -0.3 is 29.3 Å². The Morgan fingerprint density at radius 3 is 2.28 bits per heavy atom. The van der Waals surface area contributed by atoms with Crippen LogP contribution in [0.4, 0.5) is 4.79 Å². The van der Waals surface area contributed by atoms with Crippen LogP contribution in [0.5, 0.6) is 5.75 Å². The van der Waals surface area contributed by atoms with E-state index in [1.807, 2.05) is 18.2 Å². The topological polar surface area (TPSA) is 160 Å². The Morgan fingerprint density at radius 1 is 0.980 bits per heavy atom. The monoisotopic (exact) mass is 730 g/mol. The number of amides is 1. The van der Waals surface area contributed by atoms with Crippen LogP contribution >= 0.6 is 0 Å². The lowest BCUT2D eigenvalue weighted by molar-refractivity contribution is -0.0329. The molecule has 12 nitrogen and oxygen atoms in total. The van der Waals surface area contributed by atoms with Crippen molar-refractivity contribution in [2.75, 3.05) is 39.1 Å². The highest BCUT2D eigenvalue weighted by atomic mass is 32.2. The van der Waals surface area contributed by atoms with Gasteiger partial charge in [-0.25, -0.2) is 21.6 Å². The lowest BCUT2D eigenvalue weighted by Crippen LogP contribution is -2.50. The van der Waals surface area contributed by atoms with Gasteiger partial charge in [0.15, 0.2) is 9.84 Å². The standard InChI is InChI=1S/C36H46N2O10S2/c1-35(2,3)48-34(41)38(22-30(40)25-46-31-8-6-9-32(20-31)49(4,42)43)29-21-36(47-24-29)15-17-37(18-16-36)50(44,45)33-10-5-7-28(19-33)27-13-11-26(23-39)12-14-27/h5-14,19-20,29-30,39-40H,15-18,21-25H2,1-4H3/t29?,30-/m0/s1. The molecule has 272 valence electrons. The number of carbonyl (C=O) groups is 1. The van der Waals surface area contributed by atoms with Gasteiger partial charge in [0.2, 0.25) is 10.0 Å². The zero-order valence-corrected chi connectivity index (χ0v) is 30.5. The molecule has 14 heteroatoms. The Balaban J connectivity index is 1.23. The predicted octanol–water partition coefficient (Wildman–Crippen LogP) is 4.24. The smallest absolute Gasteiger partial charge is 0.410 e.